The van der Waals surface area contributed by atoms with Crippen LogP contribution in [0.4, 0.5) is 14.5 Å². The topological polar surface area (TPSA) is 60.0 Å². The van der Waals surface area contributed by atoms with Gasteiger partial charge in [0.25, 0.3) is 8.32 Å². The first-order valence-corrected chi connectivity index (χ1v) is 19.6. The van der Waals surface area contributed by atoms with Crippen LogP contribution in [-0.2, 0) is 13.0 Å². The molecule has 3 aliphatic rings. The monoisotopic (exact) mass is 716 g/mol. The van der Waals surface area contributed by atoms with E-state index in [1.165, 1.54) is 6.07 Å². The van der Waals surface area contributed by atoms with Gasteiger partial charge in [0.15, 0.2) is 0 Å². The van der Waals surface area contributed by atoms with E-state index in [1.54, 1.807) is 7.11 Å². The molecule has 2 saturated heterocycles. The highest BCUT2D eigenvalue weighted by atomic mass is 79.9. The van der Waals surface area contributed by atoms with Crippen LogP contribution in [0.15, 0.2) is 28.7 Å². The SMILES string of the molecule is COc1nc(OC[C@@]23CCCN2C[C@H](F)C3)nc2c1CCN(c1cc(O[Si](C(C)C)(C(C)C)C(C)C)cc3ccc(F)c(Br)c13)C2. The van der Waals surface area contributed by atoms with Crippen molar-refractivity contribution < 1.29 is 22.7 Å². The summed E-state index contributed by atoms with van der Waals surface area (Å²) in [6.07, 6.45) is 2.26. The number of hydrogen-bond donors (Lipinski definition) is 0. The molecule has 0 saturated carbocycles. The van der Waals surface area contributed by atoms with Crippen LogP contribution < -0.4 is 18.8 Å². The number of fused-ring (bicyclic) bond motifs is 3. The first-order valence-electron chi connectivity index (χ1n) is 16.7. The molecule has 0 unspecified atom stereocenters. The zero-order valence-corrected chi connectivity index (χ0v) is 30.7. The number of nitrogens with zero attached hydrogens (tertiary/aromatic N) is 4. The average Bonchev–Trinajstić information content (AvgIpc) is 3.54. The molecule has 2 fully saturated rings. The van der Waals surface area contributed by atoms with Crippen molar-refractivity contribution in [1.29, 1.82) is 0 Å². The third-order valence-corrected chi connectivity index (χ3v) is 17.5. The molecule has 11 heteroatoms. The number of anilines is 1. The Labute approximate surface area is 281 Å². The predicted molar refractivity (Wildman–Crippen MR) is 185 cm³/mol. The number of alkyl halides is 1. The number of rotatable bonds is 10. The molecule has 7 nitrogen and oxygen atoms in total. The Morgan fingerprint density at radius 1 is 1.07 bits per heavy atom. The molecule has 250 valence electrons. The van der Waals surface area contributed by atoms with Crippen LogP contribution in [0.25, 0.3) is 10.8 Å². The van der Waals surface area contributed by atoms with Crippen molar-refractivity contribution in [2.45, 2.75) is 102 Å². The summed E-state index contributed by atoms with van der Waals surface area (Å²) >= 11 is 3.57. The van der Waals surface area contributed by atoms with E-state index in [9.17, 15) is 4.39 Å². The van der Waals surface area contributed by atoms with Gasteiger partial charge < -0.3 is 18.8 Å². The summed E-state index contributed by atoms with van der Waals surface area (Å²) in [7, 11) is -0.636. The van der Waals surface area contributed by atoms with E-state index < -0.39 is 14.5 Å². The highest BCUT2D eigenvalue weighted by molar-refractivity contribution is 9.10. The standard InChI is InChI=1S/C35H47BrF2N4O3Si/c1-21(2)46(22(3)4,23(5)6)45-26-15-24-9-10-28(38)32(36)31(24)30(16-26)41-14-11-27-29(19-41)39-34(40-33(27)43-7)44-20-35-12-8-13-42(35)18-25(37)17-35/h9-10,15-16,21-23,25H,8,11-14,17-20H2,1-7H3/t25-,35+/m1/s1. The number of hydrogen-bond acceptors (Lipinski definition) is 7. The van der Waals surface area contributed by atoms with Gasteiger partial charge >= 0.3 is 6.01 Å². The van der Waals surface area contributed by atoms with Gasteiger partial charge in [-0.05, 0) is 75.9 Å². The highest BCUT2D eigenvalue weighted by Crippen LogP contribution is 2.46. The minimum absolute atomic E-state index is 0.247. The van der Waals surface area contributed by atoms with Gasteiger partial charge in [-0.15, -0.1) is 0 Å². The number of halogens is 3. The van der Waals surface area contributed by atoms with Crippen LogP contribution in [-0.4, -0.2) is 68.2 Å². The van der Waals surface area contributed by atoms with Crippen LogP contribution in [0, 0.1) is 5.82 Å². The maximum absolute atomic E-state index is 15.0. The van der Waals surface area contributed by atoms with Crippen molar-refractivity contribution in [3.63, 3.8) is 0 Å². The second kappa shape index (κ2) is 12.8. The molecule has 2 atom stereocenters. The Kier molecular flexibility index (Phi) is 9.32. The summed E-state index contributed by atoms with van der Waals surface area (Å²) in [6, 6.07) is 7.73. The number of ether oxygens (including phenoxy) is 2. The van der Waals surface area contributed by atoms with Crippen molar-refractivity contribution in [2.75, 3.05) is 38.3 Å². The van der Waals surface area contributed by atoms with E-state index in [0.29, 0.717) is 66.1 Å². The molecule has 0 radical (unpaired) electrons. The Hall–Kier alpha value is -2.50. The molecule has 6 rings (SSSR count). The lowest BCUT2D eigenvalue weighted by atomic mass is 9.95. The highest BCUT2D eigenvalue weighted by Gasteiger charge is 2.50. The Morgan fingerprint density at radius 3 is 2.50 bits per heavy atom. The maximum atomic E-state index is 15.0. The molecule has 0 amide bonds. The summed E-state index contributed by atoms with van der Waals surface area (Å²) < 4.78 is 49.0. The summed E-state index contributed by atoms with van der Waals surface area (Å²) in [5.41, 5.74) is 3.58. The molecule has 0 N–H and O–H groups in total. The zero-order chi connectivity index (χ0) is 33.0. The molecular weight excluding hydrogens is 670 g/mol. The summed E-state index contributed by atoms with van der Waals surface area (Å²) in [6.45, 7) is 16.5. The molecule has 0 aliphatic carbocycles. The second-order valence-corrected chi connectivity index (χ2v) is 20.5. The van der Waals surface area contributed by atoms with E-state index in [0.717, 1.165) is 52.9 Å². The summed E-state index contributed by atoms with van der Waals surface area (Å²) in [4.78, 5) is 14.0. The fraction of sp³-hybridized carbons (Fsp3) is 0.600. The van der Waals surface area contributed by atoms with Crippen molar-refractivity contribution in [2.24, 2.45) is 0 Å². The fourth-order valence-electron chi connectivity index (χ4n) is 8.67. The molecule has 0 bridgehead atoms. The molecule has 1 aromatic heterocycles. The van der Waals surface area contributed by atoms with Crippen molar-refractivity contribution in [3.05, 3.63) is 45.8 Å². The largest absolute Gasteiger partial charge is 0.543 e. The van der Waals surface area contributed by atoms with Gasteiger partial charge in [0.2, 0.25) is 5.88 Å². The van der Waals surface area contributed by atoms with E-state index >= 15 is 4.39 Å². The van der Waals surface area contributed by atoms with Gasteiger partial charge in [-0.3, -0.25) is 4.90 Å². The average molecular weight is 718 g/mol. The van der Waals surface area contributed by atoms with Crippen molar-refractivity contribution in [1.82, 2.24) is 14.9 Å². The smallest absolute Gasteiger partial charge is 0.320 e. The second-order valence-electron chi connectivity index (χ2n) is 14.3. The number of benzene rings is 2. The number of aromatic nitrogens is 2. The molecule has 3 aromatic rings. The third kappa shape index (κ3) is 5.78. The summed E-state index contributed by atoms with van der Waals surface area (Å²) in [5, 5.41) is 1.72. The zero-order valence-electron chi connectivity index (χ0n) is 28.1. The minimum atomic E-state index is -2.25. The first-order chi connectivity index (χ1) is 21.9. The lowest BCUT2D eigenvalue weighted by Gasteiger charge is -2.42. The van der Waals surface area contributed by atoms with Crippen LogP contribution >= 0.6 is 15.9 Å². The van der Waals surface area contributed by atoms with Crippen LogP contribution in [0.2, 0.25) is 16.6 Å². The molecule has 0 spiro atoms. The van der Waals surface area contributed by atoms with E-state index in [2.05, 4.69) is 84.4 Å². The van der Waals surface area contributed by atoms with Gasteiger partial charge in [0.05, 0.1) is 29.4 Å². The van der Waals surface area contributed by atoms with Crippen LogP contribution in [0.3, 0.4) is 0 Å². The van der Waals surface area contributed by atoms with Gasteiger partial charge in [-0.1, -0.05) is 47.6 Å². The van der Waals surface area contributed by atoms with Gasteiger partial charge in [-0.25, -0.2) is 8.78 Å². The van der Waals surface area contributed by atoms with Crippen molar-refractivity contribution >= 4 is 40.7 Å². The fourth-order valence-corrected chi connectivity index (χ4v) is 14.5. The lowest BCUT2D eigenvalue weighted by Crippen LogP contribution is -2.50. The van der Waals surface area contributed by atoms with Crippen LogP contribution in [0.5, 0.6) is 17.6 Å². The quantitative estimate of drug-likeness (QED) is 0.195. The first kappa shape index (κ1) is 33.4. The Morgan fingerprint density at radius 2 is 1.80 bits per heavy atom. The molecule has 3 aliphatic heterocycles. The predicted octanol–water partition coefficient (Wildman–Crippen LogP) is 8.61. The third-order valence-electron chi connectivity index (χ3n) is 10.7. The normalized spacial score (nSPS) is 21.8. The van der Waals surface area contributed by atoms with Gasteiger partial charge in [-0.2, -0.15) is 9.97 Å². The van der Waals surface area contributed by atoms with E-state index in [1.807, 2.05) is 6.07 Å². The van der Waals surface area contributed by atoms with E-state index in [4.69, 9.17) is 18.9 Å². The van der Waals surface area contributed by atoms with E-state index in [-0.39, 0.29) is 17.4 Å². The molecule has 4 heterocycles. The summed E-state index contributed by atoms with van der Waals surface area (Å²) in [5.74, 6) is 1.02. The van der Waals surface area contributed by atoms with Crippen molar-refractivity contribution in [3.8, 4) is 17.6 Å². The molecular formula is C35H47BrF2N4O3Si. The van der Waals surface area contributed by atoms with Gasteiger partial charge in [0, 0.05) is 42.2 Å². The molecule has 46 heavy (non-hydrogen) atoms. The Balaban J connectivity index is 1.36. The lowest BCUT2D eigenvalue weighted by molar-refractivity contribution is 0.106. The van der Waals surface area contributed by atoms with Gasteiger partial charge in [0.1, 0.15) is 24.3 Å². The van der Waals surface area contributed by atoms with Crippen LogP contribution in [0.1, 0.15) is 72.1 Å². The Bertz CT molecular complexity index is 1590. The molecule has 2 aromatic carbocycles. The number of methoxy groups -OCH3 is 1. The minimum Gasteiger partial charge on any atom is -0.543 e. The maximum Gasteiger partial charge on any atom is 0.320 e.